The lowest BCUT2D eigenvalue weighted by atomic mass is 10.1. The first-order chi connectivity index (χ1) is 9.99. The molecule has 2 rings (SSSR count). The minimum absolute atomic E-state index is 0.397. The molecule has 0 aliphatic heterocycles. The SMILES string of the molecule is Cc1c(NCc2ccc(N(C)C)cc2)cccc1C(N)=O. The van der Waals surface area contributed by atoms with Crippen LogP contribution in [0.25, 0.3) is 0 Å². The van der Waals surface area contributed by atoms with E-state index in [9.17, 15) is 4.79 Å². The number of amides is 1. The maximum absolute atomic E-state index is 11.3. The first kappa shape index (κ1) is 14.9. The second kappa shape index (κ2) is 6.31. The Morgan fingerprint density at radius 2 is 1.81 bits per heavy atom. The molecule has 4 nitrogen and oxygen atoms in total. The van der Waals surface area contributed by atoms with E-state index in [2.05, 4.69) is 34.5 Å². The highest BCUT2D eigenvalue weighted by molar-refractivity contribution is 5.95. The summed E-state index contributed by atoms with van der Waals surface area (Å²) in [6, 6.07) is 13.9. The van der Waals surface area contributed by atoms with Crippen molar-refractivity contribution in [2.45, 2.75) is 13.5 Å². The minimum Gasteiger partial charge on any atom is -0.381 e. The van der Waals surface area contributed by atoms with Gasteiger partial charge in [0.05, 0.1) is 0 Å². The number of nitrogens with one attached hydrogen (secondary N) is 1. The van der Waals surface area contributed by atoms with Gasteiger partial charge in [0, 0.05) is 37.6 Å². The van der Waals surface area contributed by atoms with Gasteiger partial charge in [0.1, 0.15) is 0 Å². The highest BCUT2D eigenvalue weighted by atomic mass is 16.1. The van der Waals surface area contributed by atoms with Gasteiger partial charge in [-0.25, -0.2) is 0 Å². The standard InChI is InChI=1S/C17H21N3O/c1-12-15(17(18)21)5-4-6-16(12)19-11-13-7-9-14(10-8-13)20(2)3/h4-10,19H,11H2,1-3H3,(H2,18,21). The molecule has 0 atom stereocenters. The van der Waals surface area contributed by atoms with E-state index in [-0.39, 0.29) is 0 Å². The lowest BCUT2D eigenvalue weighted by Crippen LogP contribution is -2.14. The van der Waals surface area contributed by atoms with Crippen molar-refractivity contribution in [1.29, 1.82) is 0 Å². The van der Waals surface area contributed by atoms with Crippen LogP contribution in [0.2, 0.25) is 0 Å². The molecule has 0 radical (unpaired) electrons. The van der Waals surface area contributed by atoms with Gasteiger partial charge in [0.25, 0.3) is 0 Å². The third kappa shape index (κ3) is 3.54. The Hall–Kier alpha value is -2.49. The maximum atomic E-state index is 11.3. The van der Waals surface area contributed by atoms with Crippen molar-refractivity contribution in [3.8, 4) is 0 Å². The Kier molecular flexibility index (Phi) is 4.48. The number of nitrogens with zero attached hydrogens (tertiary/aromatic N) is 1. The third-order valence-electron chi connectivity index (χ3n) is 3.53. The lowest BCUT2D eigenvalue weighted by molar-refractivity contribution is 0.1000. The Morgan fingerprint density at radius 1 is 1.14 bits per heavy atom. The number of hydrogen-bond donors (Lipinski definition) is 2. The Balaban J connectivity index is 2.09. The fourth-order valence-corrected chi connectivity index (χ4v) is 2.20. The van der Waals surface area contributed by atoms with Gasteiger partial charge >= 0.3 is 0 Å². The van der Waals surface area contributed by atoms with Crippen LogP contribution in [-0.2, 0) is 6.54 Å². The highest BCUT2D eigenvalue weighted by Gasteiger charge is 2.08. The number of benzene rings is 2. The quantitative estimate of drug-likeness (QED) is 0.887. The molecule has 2 aromatic carbocycles. The molecule has 0 unspecified atom stereocenters. The van der Waals surface area contributed by atoms with Crippen molar-refractivity contribution >= 4 is 17.3 Å². The van der Waals surface area contributed by atoms with Crippen LogP contribution in [0.3, 0.4) is 0 Å². The van der Waals surface area contributed by atoms with Crippen molar-refractivity contribution in [3.63, 3.8) is 0 Å². The summed E-state index contributed by atoms with van der Waals surface area (Å²) in [6.45, 7) is 2.61. The van der Waals surface area contributed by atoms with E-state index in [1.54, 1.807) is 6.07 Å². The lowest BCUT2D eigenvalue weighted by Gasteiger charge is -2.14. The van der Waals surface area contributed by atoms with Crippen molar-refractivity contribution < 1.29 is 4.79 Å². The van der Waals surface area contributed by atoms with Crippen LogP contribution in [0.15, 0.2) is 42.5 Å². The average molecular weight is 283 g/mol. The normalized spacial score (nSPS) is 10.2. The zero-order valence-electron chi connectivity index (χ0n) is 12.7. The molecule has 0 aromatic heterocycles. The predicted molar refractivity (Wildman–Crippen MR) is 87.8 cm³/mol. The summed E-state index contributed by atoms with van der Waals surface area (Å²) >= 11 is 0. The number of carbonyl (C=O) groups is 1. The van der Waals surface area contributed by atoms with Crippen molar-refractivity contribution in [2.24, 2.45) is 5.73 Å². The summed E-state index contributed by atoms with van der Waals surface area (Å²) in [5.74, 6) is -0.397. The van der Waals surface area contributed by atoms with Crippen LogP contribution in [0.5, 0.6) is 0 Å². The van der Waals surface area contributed by atoms with Crippen LogP contribution in [0.1, 0.15) is 21.5 Å². The Bertz CT molecular complexity index is 633. The molecule has 0 bridgehead atoms. The van der Waals surface area contributed by atoms with E-state index in [0.717, 1.165) is 11.3 Å². The third-order valence-corrected chi connectivity index (χ3v) is 3.53. The van der Waals surface area contributed by atoms with E-state index < -0.39 is 5.91 Å². The largest absolute Gasteiger partial charge is 0.381 e. The molecular weight excluding hydrogens is 262 g/mol. The average Bonchev–Trinajstić information content (AvgIpc) is 2.46. The Morgan fingerprint density at radius 3 is 2.38 bits per heavy atom. The summed E-state index contributed by atoms with van der Waals surface area (Å²) in [6.07, 6.45) is 0. The van der Waals surface area contributed by atoms with Crippen LogP contribution in [-0.4, -0.2) is 20.0 Å². The maximum Gasteiger partial charge on any atom is 0.249 e. The van der Waals surface area contributed by atoms with Gasteiger partial charge < -0.3 is 16.0 Å². The molecular formula is C17H21N3O. The second-order valence-electron chi connectivity index (χ2n) is 5.26. The minimum atomic E-state index is -0.397. The number of anilines is 2. The molecule has 0 aliphatic rings. The smallest absolute Gasteiger partial charge is 0.249 e. The number of rotatable bonds is 5. The van der Waals surface area contributed by atoms with Gasteiger partial charge in [-0.15, -0.1) is 0 Å². The van der Waals surface area contributed by atoms with Gasteiger partial charge in [-0.2, -0.15) is 0 Å². The topological polar surface area (TPSA) is 58.4 Å². The fourth-order valence-electron chi connectivity index (χ4n) is 2.20. The summed E-state index contributed by atoms with van der Waals surface area (Å²) in [4.78, 5) is 13.4. The van der Waals surface area contributed by atoms with E-state index in [4.69, 9.17) is 5.73 Å². The molecule has 1 amide bonds. The number of carbonyl (C=O) groups excluding carboxylic acids is 1. The molecule has 110 valence electrons. The number of nitrogens with two attached hydrogens (primary N) is 1. The molecule has 0 fully saturated rings. The fraction of sp³-hybridized carbons (Fsp3) is 0.235. The molecule has 3 N–H and O–H groups in total. The second-order valence-corrected chi connectivity index (χ2v) is 5.26. The number of hydrogen-bond acceptors (Lipinski definition) is 3. The molecule has 21 heavy (non-hydrogen) atoms. The first-order valence-corrected chi connectivity index (χ1v) is 6.88. The van der Waals surface area contributed by atoms with Gasteiger partial charge in [0.2, 0.25) is 5.91 Å². The predicted octanol–water partition coefficient (Wildman–Crippen LogP) is 2.77. The van der Waals surface area contributed by atoms with Crippen molar-refractivity contribution in [1.82, 2.24) is 0 Å². The molecule has 0 saturated carbocycles. The van der Waals surface area contributed by atoms with Crippen molar-refractivity contribution in [2.75, 3.05) is 24.3 Å². The summed E-state index contributed by atoms with van der Waals surface area (Å²) in [7, 11) is 4.04. The van der Waals surface area contributed by atoms with E-state index in [1.165, 1.54) is 11.3 Å². The van der Waals surface area contributed by atoms with Crippen LogP contribution in [0, 0.1) is 6.92 Å². The van der Waals surface area contributed by atoms with E-state index in [1.807, 2.05) is 33.2 Å². The zero-order valence-corrected chi connectivity index (χ0v) is 12.7. The molecule has 0 saturated heterocycles. The summed E-state index contributed by atoms with van der Waals surface area (Å²) in [5, 5.41) is 3.35. The number of primary amides is 1. The van der Waals surface area contributed by atoms with Gasteiger partial charge in [-0.05, 0) is 42.3 Å². The highest BCUT2D eigenvalue weighted by Crippen LogP contribution is 2.20. The van der Waals surface area contributed by atoms with Crippen LogP contribution < -0.4 is 16.0 Å². The molecule has 0 spiro atoms. The molecule has 2 aromatic rings. The molecule has 4 heteroatoms. The van der Waals surface area contributed by atoms with Crippen LogP contribution in [0.4, 0.5) is 11.4 Å². The first-order valence-electron chi connectivity index (χ1n) is 6.88. The Labute approximate surface area is 125 Å². The van der Waals surface area contributed by atoms with Crippen molar-refractivity contribution in [3.05, 3.63) is 59.2 Å². The van der Waals surface area contributed by atoms with Gasteiger partial charge in [-0.3, -0.25) is 4.79 Å². The van der Waals surface area contributed by atoms with Gasteiger partial charge in [-0.1, -0.05) is 18.2 Å². The summed E-state index contributed by atoms with van der Waals surface area (Å²) < 4.78 is 0. The van der Waals surface area contributed by atoms with E-state index in [0.29, 0.717) is 12.1 Å². The van der Waals surface area contributed by atoms with Gasteiger partial charge in [0.15, 0.2) is 0 Å². The summed E-state index contributed by atoms with van der Waals surface area (Å²) in [5.41, 5.74) is 10.1. The zero-order chi connectivity index (χ0) is 15.4. The van der Waals surface area contributed by atoms with Crippen LogP contribution >= 0.6 is 0 Å². The van der Waals surface area contributed by atoms with E-state index >= 15 is 0 Å². The molecule has 0 aliphatic carbocycles. The monoisotopic (exact) mass is 283 g/mol. The molecule has 0 heterocycles.